The topological polar surface area (TPSA) is 33.0 Å². The lowest BCUT2D eigenvalue weighted by molar-refractivity contribution is 0.407. The highest BCUT2D eigenvalue weighted by atomic mass is 16.5. The lowest BCUT2D eigenvalue weighted by atomic mass is 9.93. The summed E-state index contributed by atoms with van der Waals surface area (Å²) in [6, 6.07) is 6.18. The smallest absolute Gasteiger partial charge is 0.123 e. The number of allylic oxidation sites excluding steroid dienone is 2. The summed E-state index contributed by atoms with van der Waals surface area (Å²) in [5, 5.41) is 8.68. The van der Waals surface area contributed by atoms with Crippen molar-refractivity contribution >= 4 is 5.57 Å². The van der Waals surface area contributed by atoms with E-state index in [0.717, 1.165) is 16.9 Å². The minimum Gasteiger partial charge on any atom is -0.496 e. The fraction of sp³-hybridized carbons (Fsp3) is 0.400. The second kappa shape index (κ2) is 5.54. The average molecular weight is 229 g/mol. The zero-order valence-electron chi connectivity index (χ0n) is 11.2. The summed E-state index contributed by atoms with van der Waals surface area (Å²) in [6.45, 7) is 8.33. The average Bonchev–Trinajstić information content (AvgIpc) is 2.27. The SMILES string of the molecule is COc1cc(/C(C)=C/C#N)cc(C)c1C(C)C. The van der Waals surface area contributed by atoms with E-state index >= 15 is 0 Å². The molecular formula is C15H19NO. The molecule has 0 amide bonds. The molecule has 0 spiro atoms. The fourth-order valence-corrected chi connectivity index (χ4v) is 2.08. The van der Waals surface area contributed by atoms with Gasteiger partial charge in [-0.1, -0.05) is 19.9 Å². The third-order valence-corrected chi connectivity index (χ3v) is 2.88. The van der Waals surface area contributed by atoms with Crippen LogP contribution in [0.15, 0.2) is 18.2 Å². The Bertz CT molecular complexity index is 478. The van der Waals surface area contributed by atoms with E-state index in [1.807, 2.05) is 13.0 Å². The Balaban J connectivity index is 3.38. The molecule has 0 radical (unpaired) electrons. The monoisotopic (exact) mass is 229 g/mol. The van der Waals surface area contributed by atoms with Gasteiger partial charge in [-0.15, -0.1) is 0 Å². The molecule has 2 heteroatoms. The minimum absolute atomic E-state index is 0.430. The predicted octanol–water partition coefficient (Wildman–Crippen LogP) is 4.05. The van der Waals surface area contributed by atoms with Crippen molar-refractivity contribution in [1.29, 1.82) is 5.26 Å². The van der Waals surface area contributed by atoms with Gasteiger partial charge >= 0.3 is 0 Å². The van der Waals surface area contributed by atoms with Crippen molar-refractivity contribution in [1.82, 2.24) is 0 Å². The van der Waals surface area contributed by atoms with Gasteiger partial charge in [0.15, 0.2) is 0 Å². The van der Waals surface area contributed by atoms with Crippen molar-refractivity contribution in [2.24, 2.45) is 0 Å². The normalized spacial score (nSPS) is 11.5. The number of methoxy groups -OCH3 is 1. The van der Waals surface area contributed by atoms with Gasteiger partial charge in [-0.2, -0.15) is 5.26 Å². The van der Waals surface area contributed by atoms with E-state index < -0.39 is 0 Å². The molecule has 0 saturated carbocycles. The summed E-state index contributed by atoms with van der Waals surface area (Å²) in [4.78, 5) is 0. The molecular weight excluding hydrogens is 210 g/mol. The number of rotatable bonds is 3. The highest BCUT2D eigenvalue weighted by molar-refractivity contribution is 5.68. The van der Waals surface area contributed by atoms with E-state index in [1.165, 1.54) is 11.1 Å². The standard InChI is InChI=1S/C15H19NO/c1-10(2)15-12(4)8-13(9-14(15)17-5)11(3)6-7-16/h6,8-10H,1-5H3/b11-6+. The van der Waals surface area contributed by atoms with Crippen LogP contribution in [0.1, 0.15) is 43.4 Å². The van der Waals surface area contributed by atoms with E-state index in [2.05, 4.69) is 32.9 Å². The molecule has 0 aliphatic rings. The summed E-state index contributed by atoms with van der Waals surface area (Å²) < 4.78 is 5.45. The summed E-state index contributed by atoms with van der Waals surface area (Å²) in [5.74, 6) is 1.33. The van der Waals surface area contributed by atoms with Crippen LogP contribution < -0.4 is 4.74 Å². The highest BCUT2D eigenvalue weighted by Gasteiger charge is 2.12. The van der Waals surface area contributed by atoms with E-state index in [0.29, 0.717) is 5.92 Å². The van der Waals surface area contributed by atoms with Crippen LogP contribution in [0.25, 0.3) is 5.57 Å². The number of nitriles is 1. The van der Waals surface area contributed by atoms with Gasteiger partial charge in [0.1, 0.15) is 5.75 Å². The van der Waals surface area contributed by atoms with E-state index in [1.54, 1.807) is 13.2 Å². The van der Waals surface area contributed by atoms with Crippen LogP contribution >= 0.6 is 0 Å². The van der Waals surface area contributed by atoms with Crippen molar-refractivity contribution in [2.75, 3.05) is 7.11 Å². The molecule has 90 valence electrons. The van der Waals surface area contributed by atoms with Crippen LogP contribution in [-0.4, -0.2) is 7.11 Å². The largest absolute Gasteiger partial charge is 0.496 e. The first-order valence-electron chi connectivity index (χ1n) is 5.76. The molecule has 1 rings (SSSR count). The number of hydrogen-bond acceptors (Lipinski definition) is 2. The Labute approximate surface area is 104 Å². The molecule has 0 fully saturated rings. The zero-order valence-corrected chi connectivity index (χ0v) is 11.2. The quantitative estimate of drug-likeness (QED) is 0.732. The van der Waals surface area contributed by atoms with Crippen molar-refractivity contribution in [3.63, 3.8) is 0 Å². The second-order valence-electron chi connectivity index (χ2n) is 4.52. The van der Waals surface area contributed by atoms with Crippen LogP contribution in [0.4, 0.5) is 0 Å². The van der Waals surface area contributed by atoms with Crippen LogP contribution in [0, 0.1) is 18.3 Å². The maximum atomic E-state index is 8.68. The summed E-state index contributed by atoms with van der Waals surface area (Å²) in [6.07, 6.45) is 1.56. The highest BCUT2D eigenvalue weighted by Crippen LogP contribution is 2.32. The Morgan fingerprint density at radius 2 is 2.06 bits per heavy atom. The maximum Gasteiger partial charge on any atom is 0.123 e. The van der Waals surface area contributed by atoms with E-state index in [9.17, 15) is 0 Å². The number of benzene rings is 1. The number of ether oxygens (including phenoxy) is 1. The van der Waals surface area contributed by atoms with Gasteiger partial charge in [-0.3, -0.25) is 0 Å². The minimum atomic E-state index is 0.430. The summed E-state index contributed by atoms with van der Waals surface area (Å²) in [5.41, 5.74) is 4.45. The lowest BCUT2D eigenvalue weighted by Crippen LogP contribution is -1.99. The first-order valence-corrected chi connectivity index (χ1v) is 5.76. The molecule has 1 aromatic carbocycles. The molecule has 0 N–H and O–H groups in total. The van der Waals surface area contributed by atoms with Crippen molar-refractivity contribution < 1.29 is 4.74 Å². The Morgan fingerprint density at radius 1 is 1.41 bits per heavy atom. The fourth-order valence-electron chi connectivity index (χ4n) is 2.08. The molecule has 0 heterocycles. The summed E-state index contributed by atoms with van der Waals surface area (Å²) in [7, 11) is 1.69. The zero-order chi connectivity index (χ0) is 13.0. The molecule has 0 aliphatic carbocycles. The third-order valence-electron chi connectivity index (χ3n) is 2.88. The van der Waals surface area contributed by atoms with Gasteiger partial charge in [-0.25, -0.2) is 0 Å². The van der Waals surface area contributed by atoms with Crippen molar-refractivity contribution in [2.45, 2.75) is 33.6 Å². The van der Waals surface area contributed by atoms with E-state index in [-0.39, 0.29) is 0 Å². The molecule has 0 unspecified atom stereocenters. The Hall–Kier alpha value is -1.75. The van der Waals surface area contributed by atoms with Crippen LogP contribution in [-0.2, 0) is 0 Å². The van der Waals surface area contributed by atoms with Gasteiger partial charge in [-0.05, 0) is 48.1 Å². The lowest BCUT2D eigenvalue weighted by Gasteiger charge is -2.17. The molecule has 1 aromatic rings. The molecule has 17 heavy (non-hydrogen) atoms. The first kappa shape index (κ1) is 13.3. The van der Waals surface area contributed by atoms with Crippen LogP contribution in [0.3, 0.4) is 0 Å². The van der Waals surface area contributed by atoms with Crippen molar-refractivity contribution in [3.8, 4) is 11.8 Å². The molecule has 0 atom stereocenters. The van der Waals surface area contributed by atoms with E-state index in [4.69, 9.17) is 10.00 Å². The molecule has 0 aromatic heterocycles. The molecule has 0 bridgehead atoms. The third kappa shape index (κ3) is 2.88. The summed E-state index contributed by atoms with van der Waals surface area (Å²) >= 11 is 0. The van der Waals surface area contributed by atoms with Crippen LogP contribution in [0.5, 0.6) is 5.75 Å². The second-order valence-corrected chi connectivity index (χ2v) is 4.52. The van der Waals surface area contributed by atoms with Gasteiger partial charge in [0.25, 0.3) is 0 Å². The van der Waals surface area contributed by atoms with Gasteiger partial charge in [0.2, 0.25) is 0 Å². The maximum absolute atomic E-state index is 8.68. The van der Waals surface area contributed by atoms with Gasteiger partial charge in [0.05, 0.1) is 13.2 Å². The molecule has 0 saturated heterocycles. The predicted molar refractivity (Wildman–Crippen MR) is 71.1 cm³/mol. The van der Waals surface area contributed by atoms with Gasteiger partial charge in [0, 0.05) is 6.08 Å². The number of aryl methyl sites for hydroxylation is 1. The van der Waals surface area contributed by atoms with Crippen molar-refractivity contribution in [3.05, 3.63) is 34.9 Å². The Kier molecular flexibility index (Phi) is 4.34. The Morgan fingerprint density at radius 3 is 2.53 bits per heavy atom. The number of nitrogens with zero attached hydrogens (tertiary/aromatic N) is 1. The van der Waals surface area contributed by atoms with Crippen LogP contribution in [0.2, 0.25) is 0 Å². The van der Waals surface area contributed by atoms with Gasteiger partial charge < -0.3 is 4.74 Å². The molecule has 2 nitrogen and oxygen atoms in total. The first-order chi connectivity index (χ1) is 8.01. The number of hydrogen-bond donors (Lipinski definition) is 0. The molecule has 0 aliphatic heterocycles.